The minimum absolute atomic E-state index is 0.0851. The first kappa shape index (κ1) is 28.3. The molecular formula is C27H27ClFN7O2S. The third kappa shape index (κ3) is 7.65. The molecule has 0 spiro atoms. The van der Waals surface area contributed by atoms with E-state index in [2.05, 4.69) is 21.0 Å². The van der Waals surface area contributed by atoms with Gasteiger partial charge in [-0.15, -0.1) is 0 Å². The van der Waals surface area contributed by atoms with Gasteiger partial charge in [0.1, 0.15) is 16.8 Å². The number of nitriles is 1. The summed E-state index contributed by atoms with van der Waals surface area (Å²) in [7, 11) is 0. The number of anilines is 1. The maximum absolute atomic E-state index is 13.3. The van der Waals surface area contributed by atoms with Crippen molar-refractivity contribution in [2.45, 2.75) is 31.1 Å². The number of amides is 2. The lowest BCUT2D eigenvalue weighted by atomic mass is 10.1. The summed E-state index contributed by atoms with van der Waals surface area (Å²) in [6.45, 7) is 4.13. The third-order valence-electron chi connectivity index (χ3n) is 6.23. The molecule has 0 N–H and O–H groups in total. The Hall–Kier alpha value is -3.75. The molecule has 2 amide bonds. The van der Waals surface area contributed by atoms with Crippen LogP contribution < -0.4 is 4.90 Å². The molecule has 9 nitrogen and oxygen atoms in total. The van der Waals surface area contributed by atoms with Crippen molar-refractivity contribution in [3.63, 3.8) is 0 Å². The lowest BCUT2D eigenvalue weighted by Gasteiger charge is -2.40. The summed E-state index contributed by atoms with van der Waals surface area (Å²) in [6.07, 6.45) is 3.58. The van der Waals surface area contributed by atoms with Crippen LogP contribution in [0.4, 0.5) is 10.2 Å². The lowest BCUT2D eigenvalue weighted by Crippen LogP contribution is -2.54. The molecule has 0 saturated carbocycles. The largest absolute Gasteiger partial charge is 0.353 e. The zero-order chi connectivity index (χ0) is 27.8. The Morgan fingerprint density at radius 1 is 1.23 bits per heavy atom. The summed E-state index contributed by atoms with van der Waals surface area (Å²) < 4.78 is 13.3. The van der Waals surface area contributed by atoms with E-state index < -0.39 is 0 Å². The minimum atomic E-state index is -0.385. The minimum Gasteiger partial charge on any atom is -0.353 e. The molecule has 0 radical (unpaired) electrons. The predicted molar refractivity (Wildman–Crippen MR) is 147 cm³/mol. The van der Waals surface area contributed by atoms with Gasteiger partial charge in [0.05, 0.1) is 18.2 Å². The van der Waals surface area contributed by atoms with E-state index in [0.29, 0.717) is 49.3 Å². The van der Waals surface area contributed by atoms with Gasteiger partial charge in [-0.25, -0.2) is 14.4 Å². The second kappa shape index (κ2) is 13.4. The molecule has 202 valence electrons. The maximum Gasteiger partial charge on any atom is 0.254 e. The molecule has 0 aliphatic carbocycles. The van der Waals surface area contributed by atoms with Gasteiger partial charge >= 0.3 is 0 Å². The molecule has 1 atom stereocenters. The topological polar surface area (TPSA) is 106 Å². The van der Waals surface area contributed by atoms with Crippen LogP contribution >= 0.6 is 23.4 Å². The number of hydrogen-bond acceptors (Lipinski definition) is 8. The van der Waals surface area contributed by atoms with Crippen molar-refractivity contribution in [1.29, 1.82) is 5.26 Å². The first-order chi connectivity index (χ1) is 18.8. The zero-order valence-electron chi connectivity index (χ0n) is 21.3. The summed E-state index contributed by atoms with van der Waals surface area (Å²) >= 11 is 7.49. The van der Waals surface area contributed by atoms with Crippen LogP contribution in [0.1, 0.15) is 29.3 Å². The molecule has 1 fully saturated rings. The SMILES string of the molecule is CC1CN(c2cc(Cl)nc(SCC(=O)N(CCC#N)Cc3cccnc3)n2)CCN1C(=O)c1ccc(F)cc1. The molecule has 3 aromatic rings. The quantitative estimate of drug-likeness (QED) is 0.217. The van der Waals surface area contributed by atoms with Gasteiger partial charge in [-0.1, -0.05) is 29.4 Å². The Kier molecular flexibility index (Phi) is 9.68. The van der Waals surface area contributed by atoms with Gasteiger partial charge in [-0.3, -0.25) is 14.6 Å². The van der Waals surface area contributed by atoms with Gasteiger partial charge in [0.15, 0.2) is 5.16 Å². The maximum atomic E-state index is 13.3. The van der Waals surface area contributed by atoms with Gasteiger partial charge in [-0.2, -0.15) is 5.26 Å². The fraction of sp³-hybridized carbons (Fsp3) is 0.333. The summed E-state index contributed by atoms with van der Waals surface area (Å²) in [5.41, 5.74) is 1.32. The van der Waals surface area contributed by atoms with Crippen molar-refractivity contribution in [3.8, 4) is 6.07 Å². The van der Waals surface area contributed by atoms with E-state index in [4.69, 9.17) is 16.9 Å². The number of rotatable bonds is 9. The number of benzene rings is 1. The molecule has 1 unspecified atom stereocenters. The molecule has 39 heavy (non-hydrogen) atoms. The molecule has 1 aromatic carbocycles. The van der Waals surface area contributed by atoms with Crippen molar-refractivity contribution in [2.24, 2.45) is 0 Å². The van der Waals surface area contributed by atoms with Crippen LogP contribution in [0, 0.1) is 17.1 Å². The first-order valence-electron chi connectivity index (χ1n) is 12.4. The average Bonchev–Trinajstić information content (AvgIpc) is 2.94. The number of carbonyl (C=O) groups excluding carboxylic acids is 2. The van der Waals surface area contributed by atoms with Crippen LogP contribution in [0.2, 0.25) is 5.15 Å². The van der Waals surface area contributed by atoms with Gasteiger partial charge in [0, 0.05) is 62.8 Å². The Balaban J connectivity index is 1.39. The Morgan fingerprint density at radius 2 is 2.03 bits per heavy atom. The van der Waals surface area contributed by atoms with Crippen molar-refractivity contribution < 1.29 is 14.0 Å². The van der Waals surface area contributed by atoms with Gasteiger partial charge in [-0.05, 0) is 42.8 Å². The normalized spacial score (nSPS) is 15.1. The van der Waals surface area contributed by atoms with E-state index in [-0.39, 0.29) is 41.0 Å². The molecule has 0 bridgehead atoms. The van der Waals surface area contributed by atoms with E-state index in [1.54, 1.807) is 34.3 Å². The number of aromatic nitrogens is 3. The van der Waals surface area contributed by atoms with Gasteiger partial charge < -0.3 is 14.7 Å². The molecule has 1 aliphatic heterocycles. The van der Waals surface area contributed by atoms with Crippen LogP contribution in [0.25, 0.3) is 0 Å². The third-order valence-corrected chi connectivity index (χ3v) is 7.26. The highest BCUT2D eigenvalue weighted by Gasteiger charge is 2.29. The van der Waals surface area contributed by atoms with Crippen LogP contribution in [0.5, 0.6) is 0 Å². The Morgan fingerprint density at radius 3 is 2.72 bits per heavy atom. The number of hydrogen-bond donors (Lipinski definition) is 0. The van der Waals surface area contributed by atoms with Crippen molar-refractivity contribution >= 4 is 41.0 Å². The number of carbonyl (C=O) groups is 2. The summed E-state index contributed by atoms with van der Waals surface area (Å²) in [6, 6.07) is 12.9. The van der Waals surface area contributed by atoms with E-state index in [1.807, 2.05) is 17.9 Å². The van der Waals surface area contributed by atoms with Crippen LogP contribution in [0.15, 0.2) is 60.0 Å². The molecule has 4 rings (SSSR count). The fourth-order valence-electron chi connectivity index (χ4n) is 4.24. The molecular weight excluding hydrogens is 541 g/mol. The van der Waals surface area contributed by atoms with E-state index in [1.165, 1.54) is 36.0 Å². The summed E-state index contributed by atoms with van der Waals surface area (Å²) in [5.74, 6) is 0.0174. The van der Waals surface area contributed by atoms with Gasteiger partial charge in [0.2, 0.25) is 5.91 Å². The highest BCUT2D eigenvalue weighted by molar-refractivity contribution is 7.99. The monoisotopic (exact) mass is 567 g/mol. The number of halogens is 2. The first-order valence-corrected chi connectivity index (χ1v) is 13.7. The van der Waals surface area contributed by atoms with Gasteiger partial charge in [0.25, 0.3) is 5.91 Å². The van der Waals surface area contributed by atoms with E-state index in [9.17, 15) is 14.0 Å². The van der Waals surface area contributed by atoms with Crippen LogP contribution in [-0.2, 0) is 11.3 Å². The number of thioether (sulfide) groups is 1. The second-order valence-electron chi connectivity index (χ2n) is 9.01. The zero-order valence-corrected chi connectivity index (χ0v) is 22.9. The average molecular weight is 568 g/mol. The summed E-state index contributed by atoms with van der Waals surface area (Å²) in [5, 5.41) is 9.63. The Bertz CT molecular complexity index is 1340. The Labute approximate surface area is 235 Å². The van der Waals surface area contributed by atoms with Crippen molar-refractivity contribution in [2.75, 3.05) is 36.8 Å². The molecule has 12 heteroatoms. The predicted octanol–water partition coefficient (Wildman–Crippen LogP) is 4.05. The molecule has 3 heterocycles. The molecule has 1 aliphatic rings. The highest BCUT2D eigenvalue weighted by Crippen LogP contribution is 2.25. The fourth-order valence-corrected chi connectivity index (χ4v) is 5.23. The smallest absolute Gasteiger partial charge is 0.254 e. The summed E-state index contributed by atoms with van der Waals surface area (Å²) in [4.78, 5) is 44.3. The standard InChI is InChI=1S/C27H27ClFN7O2S/c1-19-16-34(12-13-36(19)26(38)21-5-7-22(29)8-6-21)24-14-23(28)32-27(33-24)39-18-25(37)35(11-3-9-30)17-20-4-2-10-31-15-20/h2,4-8,10,14-15,19H,3,11-13,16-18H2,1H3. The van der Waals surface area contributed by atoms with Crippen LogP contribution in [0.3, 0.4) is 0 Å². The van der Waals surface area contributed by atoms with Crippen molar-refractivity contribution in [3.05, 3.63) is 77.0 Å². The van der Waals surface area contributed by atoms with E-state index >= 15 is 0 Å². The molecule has 2 aromatic heterocycles. The van der Waals surface area contributed by atoms with E-state index in [0.717, 1.165) is 5.56 Å². The number of nitrogens with zero attached hydrogens (tertiary/aromatic N) is 7. The molecule has 1 saturated heterocycles. The highest BCUT2D eigenvalue weighted by atomic mass is 35.5. The van der Waals surface area contributed by atoms with Crippen molar-refractivity contribution in [1.82, 2.24) is 24.8 Å². The number of pyridine rings is 1. The number of piperazine rings is 1. The van der Waals surface area contributed by atoms with Crippen LogP contribution in [-0.4, -0.2) is 74.5 Å². The second-order valence-corrected chi connectivity index (χ2v) is 10.3. The lowest BCUT2D eigenvalue weighted by molar-refractivity contribution is -0.128.